The number of amides is 1. The molecule has 144 valence electrons. The fourth-order valence-corrected chi connectivity index (χ4v) is 4.12. The number of ether oxygens (including phenoxy) is 1. The van der Waals surface area contributed by atoms with Crippen molar-refractivity contribution in [3.63, 3.8) is 0 Å². The molecule has 2 atom stereocenters. The summed E-state index contributed by atoms with van der Waals surface area (Å²) in [4.78, 5) is 16.2. The molecule has 0 radical (unpaired) electrons. The molecule has 4 rings (SSSR count). The highest BCUT2D eigenvalue weighted by molar-refractivity contribution is 6.30. The summed E-state index contributed by atoms with van der Waals surface area (Å²) in [6.45, 7) is -0.0237. The van der Waals surface area contributed by atoms with E-state index in [1.807, 2.05) is 0 Å². The van der Waals surface area contributed by atoms with Gasteiger partial charge in [-0.15, -0.1) is 0 Å². The number of primary amides is 1. The van der Waals surface area contributed by atoms with Gasteiger partial charge in [0.25, 0.3) is 5.91 Å². The lowest BCUT2D eigenvalue weighted by Crippen LogP contribution is -2.34. The normalized spacial score (nSPS) is 21.9. The molecule has 0 saturated carbocycles. The third-order valence-electron chi connectivity index (χ3n) is 5.22. The summed E-state index contributed by atoms with van der Waals surface area (Å²) in [7, 11) is 0. The number of imidazole rings is 1. The Kier molecular flexibility index (Phi) is 4.33. The van der Waals surface area contributed by atoms with Crippen molar-refractivity contribution in [2.45, 2.75) is 37.9 Å². The van der Waals surface area contributed by atoms with E-state index >= 15 is 0 Å². The molecular formula is C18H17ClF3N3O2. The lowest BCUT2D eigenvalue weighted by molar-refractivity contribution is -0.182. The van der Waals surface area contributed by atoms with E-state index in [1.165, 1.54) is 4.57 Å². The minimum absolute atomic E-state index is 0.0342. The maximum atomic E-state index is 13.3. The lowest BCUT2D eigenvalue weighted by Gasteiger charge is -2.31. The number of halogens is 4. The molecule has 2 N–H and O–H groups in total. The smallest absolute Gasteiger partial charge is 0.393 e. The summed E-state index contributed by atoms with van der Waals surface area (Å²) in [5.74, 6) is -1.39. The molecule has 1 aromatic carbocycles. The van der Waals surface area contributed by atoms with E-state index in [0.717, 1.165) is 5.56 Å². The van der Waals surface area contributed by atoms with Crippen LogP contribution in [0.2, 0.25) is 5.02 Å². The first kappa shape index (κ1) is 18.2. The topological polar surface area (TPSA) is 70.1 Å². The van der Waals surface area contributed by atoms with E-state index in [-0.39, 0.29) is 37.6 Å². The summed E-state index contributed by atoms with van der Waals surface area (Å²) < 4.78 is 47.0. The van der Waals surface area contributed by atoms with Crippen LogP contribution in [0.15, 0.2) is 18.2 Å². The van der Waals surface area contributed by atoms with Gasteiger partial charge in [-0.2, -0.15) is 13.2 Å². The number of hydrogen-bond acceptors (Lipinski definition) is 3. The van der Waals surface area contributed by atoms with Gasteiger partial charge in [-0.3, -0.25) is 4.79 Å². The van der Waals surface area contributed by atoms with Crippen LogP contribution in [0.25, 0.3) is 0 Å². The summed E-state index contributed by atoms with van der Waals surface area (Å²) in [6, 6.07) is 5.23. The van der Waals surface area contributed by atoms with Gasteiger partial charge in [-0.05, 0) is 36.6 Å². The van der Waals surface area contributed by atoms with Crippen LogP contribution in [-0.2, 0) is 19.4 Å². The Hall–Kier alpha value is -2.22. The quantitative estimate of drug-likeness (QED) is 0.840. The molecule has 3 heterocycles. The predicted molar refractivity (Wildman–Crippen MR) is 92.0 cm³/mol. The van der Waals surface area contributed by atoms with Crippen molar-refractivity contribution >= 4 is 17.5 Å². The van der Waals surface area contributed by atoms with Crippen LogP contribution in [0, 0.1) is 5.92 Å². The van der Waals surface area contributed by atoms with Crippen molar-refractivity contribution in [3.8, 4) is 5.75 Å². The number of rotatable bonds is 2. The Labute approximate surface area is 158 Å². The van der Waals surface area contributed by atoms with E-state index in [4.69, 9.17) is 22.1 Å². The number of nitrogens with zero attached hydrogens (tertiary/aromatic N) is 2. The van der Waals surface area contributed by atoms with Crippen molar-refractivity contribution < 1.29 is 22.7 Å². The zero-order chi connectivity index (χ0) is 19.3. The Bertz CT molecular complexity index is 910. The van der Waals surface area contributed by atoms with Gasteiger partial charge in [0.05, 0.1) is 18.2 Å². The molecule has 0 saturated heterocycles. The first-order chi connectivity index (χ1) is 12.7. The minimum Gasteiger partial charge on any atom is -0.493 e. The van der Waals surface area contributed by atoms with Crippen molar-refractivity contribution in [1.29, 1.82) is 0 Å². The number of fused-ring (bicyclic) bond motifs is 2. The summed E-state index contributed by atoms with van der Waals surface area (Å²) in [5, 5.41) is 0.542. The maximum Gasteiger partial charge on any atom is 0.393 e. The van der Waals surface area contributed by atoms with E-state index in [2.05, 4.69) is 4.98 Å². The average Bonchev–Trinajstić information content (AvgIpc) is 2.99. The third-order valence-corrected chi connectivity index (χ3v) is 5.45. The van der Waals surface area contributed by atoms with Crippen LogP contribution >= 0.6 is 11.6 Å². The van der Waals surface area contributed by atoms with Crippen molar-refractivity contribution in [3.05, 3.63) is 46.0 Å². The van der Waals surface area contributed by atoms with E-state index in [0.29, 0.717) is 28.7 Å². The molecule has 1 amide bonds. The second-order valence-corrected chi connectivity index (χ2v) is 7.41. The number of hydrogen-bond donors (Lipinski definition) is 1. The number of aromatic nitrogens is 2. The number of carbonyl (C=O) groups excluding carboxylic acids is 1. The summed E-state index contributed by atoms with van der Waals surface area (Å²) in [5.41, 5.74) is 6.78. The molecule has 0 bridgehead atoms. The van der Waals surface area contributed by atoms with Crippen molar-refractivity contribution in [2.75, 3.05) is 6.61 Å². The zero-order valence-electron chi connectivity index (χ0n) is 14.2. The van der Waals surface area contributed by atoms with E-state index in [9.17, 15) is 18.0 Å². The monoisotopic (exact) mass is 399 g/mol. The highest BCUT2D eigenvalue weighted by atomic mass is 35.5. The number of benzene rings is 1. The van der Waals surface area contributed by atoms with Crippen LogP contribution in [-0.4, -0.2) is 28.2 Å². The molecule has 9 heteroatoms. The summed E-state index contributed by atoms with van der Waals surface area (Å²) >= 11 is 6.04. The van der Waals surface area contributed by atoms with Gasteiger partial charge < -0.3 is 15.0 Å². The SMILES string of the molecule is NC(=O)c1nc2n(c1[C@@H]1COc3ccc(Cl)cc3C1)CC(C(F)(F)F)CC2. The second-order valence-electron chi connectivity index (χ2n) is 6.98. The Morgan fingerprint density at radius 2 is 2.15 bits per heavy atom. The lowest BCUT2D eigenvalue weighted by atomic mass is 9.91. The first-order valence-electron chi connectivity index (χ1n) is 8.61. The Balaban J connectivity index is 1.74. The predicted octanol–water partition coefficient (Wildman–Crippen LogP) is 3.48. The molecule has 1 unspecified atom stereocenters. The van der Waals surface area contributed by atoms with Crippen molar-refractivity contribution in [1.82, 2.24) is 9.55 Å². The number of carbonyl (C=O) groups is 1. The molecule has 27 heavy (non-hydrogen) atoms. The largest absolute Gasteiger partial charge is 0.493 e. The molecule has 1 aromatic heterocycles. The van der Waals surface area contributed by atoms with Gasteiger partial charge in [0.1, 0.15) is 17.3 Å². The maximum absolute atomic E-state index is 13.3. The van der Waals surface area contributed by atoms with Gasteiger partial charge in [0, 0.05) is 23.9 Å². The molecule has 5 nitrogen and oxygen atoms in total. The molecule has 0 aliphatic carbocycles. The number of aryl methyl sites for hydroxylation is 1. The van der Waals surface area contributed by atoms with Crippen molar-refractivity contribution in [2.24, 2.45) is 11.7 Å². The molecule has 2 aliphatic rings. The zero-order valence-corrected chi connectivity index (χ0v) is 15.0. The van der Waals surface area contributed by atoms with E-state index < -0.39 is 18.0 Å². The van der Waals surface area contributed by atoms with Crippen LogP contribution in [0.5, 0.6) is 5.75 Å². The first-order valence-corrected chi connectivity index (χ1v) is 8.99. The highest BCUT2D eigenvalue weighted by Crippen LogP contribution is 2.39. The number of nitrogens with two attached hydrogens (primary N) is 1. The second kappa shape index (κ2) is 6.44. The van der Waals surface area contributed by atoms with Gasteiger partial charge in [0.15, 0.2) is 0 Å². The van der Waals surface area contributed by atoms with E-state index in [1.54, 1.807) is 18.2 Å². The van der Waals surface area contributed by atoms with Gasteiger partial charge in [-0.25, -0.2) is 4.98 Å². The van der Waals surface area contributed by atoms with Gasteiger partial charge >= 0.3 is 6.18 Å². The number of alkyl halides is 3. The van der Waals surface area contributed by atoms with Crippen LogP contribution in [0.4, 0.5) is 13.2 Å². The van der Waals surface area contributed by atoms with Gasteiger partial charge in [0.2, 0.25) is 0 Å². The fourth-order valence-electron chi connectivity index (χ4n) is 3.92. The molecule has 0 fully saturated rings. The van der Waals surface area contributed by atoms with Crippen LogP contribution < -0.4 is 10.5 Å². The molecule has 2 aromatic rings. The van der Waals surface area contributed by atoms with Gasteiger partial charge in [-0.1, -0.05) is 11.6 Å². The Morgan fingerprint density at radius 1 is 1.37 bits per heavy atom. The highest BCUT2D eigenvalue weighted by Gasteiger charge is 2.43. The molecule has 0 spiro atoms. The molecule has 2 aliphatic heterocycles. The van der Waals surface area contributed by atoms with Crippen LogP contribution in [0.1, 0.15) is 39.9 Å². The third kappa shape index (κ3) is 3.26. The van der Waals surface area contributed by atoms with Crippen LogP contribution in [0.3, 0.4) is 0 Å². The average molecular weight is 400 g/mol. The standard InChI is InChI=1S/C18H17ClF3N3O2/c19-12-2-3-13-9(6-12)5-10(8-27-13)16-15(17(23)26)24-14-4-1-11(7-25(14)16)18(20,21)22/h2-3,6,10-11H,1,4-5,7-8H2,(H2,23,26)/t10-,11?/m0/s1. The summed E-state index contributed by atoms with van der Waals surface area (Å²) in [6.07, 6.45) is -3.70. The minimum atomic E-state index is -4.30. The Morgan fingerprint density at radius 3 is 2.85 bits per heavy atom. The fraction of sp³-hybridized carbons (Fsp3) is 0.444. The molecular weight excluding hydrogens is 383 g/mol.